The number of nitrogens with one attached hydrogen (secondary N) is 1. The Bertz CT molecular complexity index is 801. The van der Waals surface area contributed by atoms with Crippen LogP contribution < -0.4 is 16.6 Å². The number of amides is 2. The van der Waals surface area contributed by atoms with Crippen molar-refractivity contribution in [1.29, 1.82) is 0 Å². The Balaban J connectivity index is 0.00000392. The predicted molar refractivity (Wildman–Crippen MR) is 113 cm³/mol. The van der Waals surface area contributed by atoms with Gasteiger partial charge < -0.3 is 20.5 Å². The summed E-state index contributed by atoms with van der Waals surface area (Å²) < 4.78 is 1.37. The van der Waals surface area contributed by atoms with E-state index in [2.05, 4.69) is 19.2 Å². The number of aryl methyl sites for hydroxylation is 1. The van der Waals surface area contributed by atoms with Crippen LogP contribution in [0.5, 0.6) is 0 Å². The molecule has 1 fully saturated rings. The smallest absolute Gasteiger partial charge is 0.255 e. The second kappa shape index (κ2) is 9.09. The summed E-state index contributed by atoms with van der Waals surface area (Å²) >= 11 is 0. The number of likely N-dealkylation sites (tertiary alicyclic amines) is 1. The Kier molecular flexibility index (Phi) is 7.85. The first-order valence-electron chi connectivity index (χ1n) is 9.49. The highest BCUT2D eigenvalue weighted by Gasteiger charge is 2.36. The average Bonchev–Trinajstić information content (AvgIpc) is 2.53. The number of rotatable bonds is 4. The third-order valence-electron chi connectivity index (χ3n) is 5.33. The van der Waals surface area contributed by atoms with Crippen LogP contribution in [0.2, 0.25) is 0 Å². The van der Waals surface area contributed by atoms with Crippen molar-refractivity contribution in [3.8, 4) is 0 Å². The molecule has 1 saturated heterocycles. The number of hydrogen-bond acceptors (Lipinski definition) is 4. The minimum atomic E-state index is -0.276. The first-order valence-corrected chi connectivity index (χ1v) is 9.49. The highest BCUT2D eigenvalue weighted by Crippen LogP contribution is 2.29. The van der Waals surface area contributed by atoms with E-state index in [1.54, 1.807) is 13.8 Å². The maximum atomic E-state index is 13.2. The lowest BCUT2D eigenvalue weighted by atomic mass is 9.79. The van der Waals surface area contributed by atoms with Crippen LogP contribution in [0.4, 0.5) is 0 Å². The van der Waals surface area contributed by atoms with Crippen molar-refractivity contribution in [3.63, 3.8) is 0 Å². The quantitative estimate of drug-likeness (QED) is 0.784. The van der Waals surface area contributed by atoms with Gasteiger partial charge in [0.2, 0.25) is 5.91 Å². The van der Waals surface area contributed by atoms with Crippen molar-refractivity contribution in [3.05, 3.63) is 33.2 Å². The van der Waals surface area contributed by atoms with Crippen LogP contribution in [0.25, 0.3) is 0 Å². The standard InChI is InChI=1S/C20H32N4O3.ClH/c1-12(2)22-16(25)10-24-14(4)18(13(3)9-17(24)26)19(27)23-8-7-15(21)20(5,6)11-23;/h9,12,15H,7-8,10-11,21H2,1-6H3,(H,22,25);1H. The fourth-order valence-corrected chi connectivity index (χ4v) is 3.66. The molecule has 1 unspecified atom stereocenters. The number of nitrogens with two attached hydrogens (primary N) is 1. The van der Waals surface area contributed by atoms with Gasteiger partial charge in [0.15, 0.2) is 0 Å². The Morgan fingerprint density at radius 1 is 1.32 bits per heavy atom. The molecule has 8 heteroatoms. The third kappa shape index (κ3) is 5.14. The molecule has 1 aromatic rings. The molecular formula is C20H33ClN4O3. The molecule has 0 radical (unpaired) electrons. The first-order chi connectivity index (χ1) is 12.4. The lowest BCUT2D eigenvalue weighted by Crippen LogP contribution is -2.54. The molecule has 0 spiro atoms. The highest BCUT2D eigenvalue weighted by atomic mass is 35.5. The fraction of sp³-hybridized carbons (Fsp3) is 0.650. The predicted octanol–water partition coefficient (Wildman–Crippen LogP) is 1.61. The largest absolute Gasteiger partial charge is 0.352 e. The number of pyridine rings is 1. The molecule has 0 aromatic carbocycles. The molecule has 1 atom stereocenters. The topological polar surface area (TPSA) is 97.4 Å². The molecule has 7 nitrogen and oxygen atoms in total. The number of nitrogens with zero attached hydrogens (tertiary/aromatic N) is 2. The van der Waals surface area contributed by atoms with E-state index in [4.69, 9.17) is 5.73 Å². The molecule has 1 aromatic heterocycles. The Morgan fingerprint density at radius 2 is 1.93 bits per heavy atom. The number of halogens is 1. The van der Waals surface area contributed by atoms with Crippen molar-refractivity contribution in [2.24, 2.45) is 11.1 Å². The number of piperidine rings is 1. The van der Waals surface area contributed by atoms with Gasteiger partial charge in [0, 0.05) is 36.9 Å². The second-order valence-electron chi connectivity index (χ2n) is 8.54. The highest BCUT2D eigenvalue weighted by molar-refractivity contribution is 5.97. The van der Waals surface area contributed by atoms with Crippen molar-refractivity contribution >= 4 is 24.2 Å². The van der Waals surface area contributed by atoms with Crippen molar-refractivity contribution < 1.29 is 9.59 Å². The summed E-state index contributed by atoms with van der Waals surface area (Å²) in [5.74, 6) is -0.356. The van der Waals surface area contributed by atoms with Crippen molar-refractivity contribution in [1.82, 2.24) is 14.8 Å². The van der Waals surface area contributed by atoms with Gasteiger partial charge in [-0.25, -0.2) is 0 Å². The van der Waals surface area contributed by atoms with E-state index in [0.29, 0.717) is 29.9 Å². The summed E-state index contributed by atoms with van der Waals surface area (Å²) in [5, 5.41) is 2.78. The van der Waals surface area contributed by atoms with Crippen LogP contribution >= 0.6 is 12.4 Å². The van der Waals surface area contributed by atoms with E-state index in [1.165, 1.54) is 10.6 Å². The molecule has 2 rings (SSSR count). The van der Waals surface area contributed by atoms with Gasteiger partial charge in [0.05, 0.1) is 5.56 Å². The van der Waals surface area contributed by atoms with Crippen molar-refractivity contribution in [2.45, 2.75) is 66.6 Å². The molecule has 0 aliphatic carbocycles. The molecule has 0 bridgehead atoms. The number of carbonyl (C=O) groups excluding carboxylic acids is 2. The summed E-state index contributed by atoms with van der Waals surface area (Å²) in [6.07, 6.45) is 0.743. The van der Waals surface area contributed by atoms with E-state index >= 15 is 0 Å². The van der Waals surface area contributed by atoms with E-state index in [-0.39, 0.29) is 53.8 Å². The summed E-state index contributed by atoms with van der Waals surface area (Å²) in [7, 11) is 0. The number of aromatic nitrogens is 1. The van der Waals surface area contributed by atoms with E-state index in [1.807, 2.05) is 18.7 Å². The normalized spacial score (nSPS) is 18.6. The second-order valence-corrected chi connectivity index (χ2v) is 8.54. The first kappa shape index (κ1) is 24.2. The van der Waals surface area contributed by atoms with Crippen LogP contribution in [-0.2, 0) is 11.3 Å². The molecular weight excluding hydrogens is 380 g/mol. The molecule has 28 heavy (non-hydrogen) atoms. The summed E-state index contributed by atoms with van der Waals surface area (Å²) in [5.41, 5.74) is 7.40. The van der Waals surface area contributed by atoms with E-state index in [0.717, 1.165) is 6.42 Å². The monoisotopic (exact) mass is 412 g/mol. The molecule has 1 aliphatic rings. The summed E-state index contributed by atoms with van der Waals surface area (Å²) in [6.45, 7) is 12.4. The zero-order chi connectivity index (χ0) is 20.5. The van der Waals surface area contributed by atoms with Gasteiger partial charge in [0.1, 0.15) is 6.54 Å². The van der Waals surface area contributed by atoms with Crippen LogP contribution in [0.1, 0.15) is 55.7 Å². The van der Waals surface area contributed by atoms with Gasteiger partial charge in [-0.1, -0.05) is 13.8 Å². The number of hydrogen-bond donors (Lipinski definition) is 2. The fourth-order valence-electron chi connectivity index (χ4n) is 3.66. The molecule has 3 N–H and O–H groups in total. The van der Waals surface area contributed by atoms with Gasteiger partial charge in [-0.05, 0) is 45.1 Å². The Hall–Kier alpha value is -1.86. The summed E-state index contributed by atoms with van der Waals surface area (Å²) in [4.78, 5) is 39.6. The molecule has 0 saturated carbocycles. The maximum absolute atomic E-state index is 13.2. The van der Waals surface area contributed by atoms with Gasteiger partial charge >= 0.3 is 0 Å². The van der Waals surface area contributed by atoms with Gasteiger partial charge in [-0.3, -0.25) is 14.4 Å². The molecule has 158 valence electrons. The molecule has 1 aliphatic heterocycles. The molecule has 2 heterocycles. The average molecular weight is 413 g/mol. The van der Waals surface area contributed by atoms with Crippen LogP contribution in [0, 0.1) is 19.3 Å². The summed E-state index contributed by atoms with van der Waals surface area (Å²) in [6, 6.07) is 1.47. The zero-order valence-electron chi connectivity index (χ0n) is 17.7. The van der Waals surface area contributed by atoms with Crippen LogP contribution in [-0.4, -0.2) is 46.5 Å². The van der Waals surface area contributed by atoms with Crippen molar-refractivity contribution in [2.75, 3.05) is 13.1 Å². The minimum Gasteiger partial charge on any atom is -0.352 e. The minimum absolute atomic E-state index is 0. The Labute approximate surface area is 173 Å². The van der Waals surface area contributed by atoms with Gasteiger partial charge in [-0.2, -0.15) is 0 Å². The lowest BCUT2D eigenvalue weighted by Gasteiger charge is -2.42. The zero-order valence-corrected chi connectivity index (χ0v) is 18.5. The maximum Gasteiger partial charge on any atom is 0.255 e. The SMILES string of the molecule is Cc1cc(=O)n(CC(=O)NC(C)C)c(C)c1C(=O)N1CCC(N)C(C)(C)C1.Cl. The van der Waals surface area contributed by atoms with Crippen LogP contribution in [0.15, 0.2) is 10.9 Å². The van der Waals surface area contributed by atoms with Crippen LogP contribution in [0.3, 0.4) is 0 Å². The lowest BCUT2D eigenvalue weighted by molar-refractivity contribution is -0.122. The van der Waals surface area contributed by atoms with E-state index < -0.39 is 0 Å². The Morgan fingerprint density at radius 3 is 2.46 bits per heavy atom. The number of carbonyl (C=O) groups is 2. The van der Waals surface area contributed by atoms with Gasteiger partial charge in [-0.15, -0.1) is 12.4 Å². The third-order valence-corrected chi connectivity index (χ3v) is 5.33. The molecule has 2 amide bonds. The van der Waals surface area contributed by atoms with Gasteiger partial charge in [0.25, 0.3) is 11.5 Å². The van der Waals surface area contributed by atoms with E-state index in [9.17, 15) is 14.4 Å².